The minimum Gasteiger partial charge on any atom is -0.497 e. The molecule has 0 saturated heterocycles. The molecule has 1 aliphatic heterocycles. The van der Waals surface area contributed by atoms with Crippen LogP contribution >= 0.6 is 0 Å². The number of rotatable bonds is 8. The highest BCUT2D eigenvalue weighted by Gasteiger charge is 2.35. The van der Waals surface area contributed by atoms with Gasteiger partial charge < -0.3 is 24.8 Å². The summed E-state index contributed by atoms with van der Waals surface area (Å²) in [4.78, 5) is 25.2. The summed E-state index contributed by atoms with van der Waals surface area (Å²) in [6.45, 7) is 5.64. The van der Waals surface area contributed by atoms with Gasteiger partial charge in [0, 0.05) is 11.3 Å². The number of carbonyl (C=O) groups is 2. The van der Waals surface area contributed by atoms with Gasteiger partial charge in [-0.05, 0) is 44.9 Å². The van der Waals surface area contributed by atoms with Crippen LogP contribution in [0.3, 0.4) is 0 Å². The third-order valence-corrected chi connectivity index (χ3v) is 4.24. The highest BCUT2D eigenvalue weighted by atomic mass is 16.5. The number of esters is 1. The first-order valence-electron chi connectivity index (χ1n) is 9.14. The average molecular weight is 376 g/mol. The number of unbranched alkanes of at least 4 members (excludes halogenated alkanes) is 1. The minimum absolute atomic E-state index is 0.275. The van der Waals surface area contributed by atoms with E-state index in [-0.39, 0.29) is 12.1 Å². The third kappa shape index (κ3) is 4.93. The molecule has 1 unspecified atom stereocenters. The van der Waals surface area contributed by atoms with E-state index in [1.54, 1.807) is 46.3 Å². The summed E-state index contributed by atoms with van der Waals surface area (Å²) in [6.07, 6.45) is 2.08. The van der Waals surface area contributed by atoms with Gasteiger partial charge in [0.1, 0.15) is 11.5 Å². The van der Waals surface area contributed by atoms with Crippen molar-refractivity contribution in [2.75, 3.05) is 14.2 Å². The second-order valence-corrected chi connectivity index (χ2v) is 6.59. The van der Waals surface area contributed by atoms with Crippen molar-refractivity contribution in [1.82, 2.24) is 10.6 Å². The molecule has 1 aliphatic rings. The molecular weight excluding hydrogens is 348 g/mol. The van der Waals surface area contributed by atoms with Crippen LogP contribution in [0.4, 0.5) is 4.79 Å². The maximum atomic E-state index is 12.9. The summed E-state index contributed by atoms with van der Waals surface area (Å²) >= 11 is 0. The predicted molar refractivity (Wildman–Crippen MR) is 102 cm³/mol. The van der Waals surface area contributed by atoms with E-state index < -0.39 is 12.0 Å². The molecule has 1 aromatic carbocycles. The molecule has 0 aliphatic carbocycles. The Morgan fingerprint density at radius 3 is 2.56 bits per heavy atom. The Hall–Kier alpha value is -2.70. The maximum Gasteiger partial charge on any atom is 0.338 e. The Bertz CT molecular complexity index is 727. The first kappa shape index (κ1) is 20.6. The van der Waals surface area contributed by atoms with E-state index in [0.29, 0.717) is 34.8 Å². The van der Waals surface area contributed by atoms with Gasteiger partial charge in [-0.2, -0.15) is 0 Å². The fourth-order valence-electron chi connectivity index (χ4n) is 2.99. The Labute approximate surface area is 160 Å². The Morgan fingerprint density at radius 2 is 1.96 bits per heavy atom. The number of hydrogen-bond donors (Lipinski definition) is 2. The molecular formula is C20H28N2O5. The molecule has 148 valence electrons. The fourth-order valence-corrected chi connectivity index (χ4v) is 2.99. The largest absolute Gasteiger partial charge is 0.497 e. The topological polar surface area (TPSA) is 85.9 Å². The Kier molecular flexibility index (Phi) is 7.10. The number of carbonyl (C=O) groups excluding carboxylic acids is 2. The van der Waals surface area contributed by atoms with Crippen molar-refractivity contribution in [3.63, 3.8) is 0 Å². The lowest BCUT2D eigenvalue weighted by Crippen LogP contribution is -2.46. The number of hydrogen-bond acceptors (Lipinski definition) is 5. The smallest absolute Gasteiger partial charge is 0.338 e. The molecule has 7 nitrogen and oxygen atoms in total. The van der Waals surface area contributed by atoms with Gasteiger partial charge in [-0.3, -0.25) is 0 Å². The lowest BCUT2D eigenvalue weighted by molar-refractivity contribution is -0.143. The third-order valence-electron chi connectivity index (χ3n) is 4.24. The molecule has 0 bridgehead atoms. The summed E-state index contributed by atoms with van der Waals surface area (Å²) in [6, 6.07) is 4.22. The lowest BCUT2D eigenvalue weighted by atomic mass is 9.92. The average Bonchev–Trinajstić information content (AvgIpc) is 2.64. The van der Waals surface area contributed by atoms with Crippen molar-refractivity contribution in [2.45, 2.75) is 52.2 Å². The molecule has 7 heteroatoms. The zero-order valence-electron chi connectivity index (χ0n) is 16.5. The van der Waals surface area contributed by atoms with E-state index in [0.717, 1.165) is 12.8 Å². The highest BCUT2D eigenvalue weighted by Crippen LogP contribution is 2.36. The monoisotopic (exact) mass is 376 g/mol. The summed E-state index contributed by atoms with van der Waals surface area (Å²) in [5, 5.41) is 5.60. The second-order valence-electron chi connectivity index (χ2n) is 6.59. The van der Waals surface area contributed by atoms with Crippen molar-refractivity contribution >= 4 is 12.0 Å². The van der Waals surface area contributed by atoms with Crippen LogP contribution in [0.5, 0.6) is 11.5 Å². The maximum absolute atomic E-state index is 12.9. The molecule has 0 saturated carbocycles. The van der Waals surface area contributed by atoms with E-state index >= 15 is 0 Å². The molecule has 0 fully saturated rings. The summed E-state index contributed by atoms with van der Waals surface area (Å²) in [5.74, 6) is 0.691. The zero-order chi connectivity index (χ0) is 20.0. The number of ether oxygens (including phenoxy) is 3. The number of methoxy groups -OCH3 is 2. The van der Waals surface area contributed by atoms with Gasteiger partial charge in [-0.1, -0.05) is 13.3 Å². The molecule has 27 heavy (non-hydrogen) atoms. The Balaban J connectivity index is 2.59. The molecule has 2 rings (SSSR count). The first-order chi connectivity index (χ1) is 12.9. The van der Waals surface area contributed by atoms with Crippen LogP contribution < -0.4 is 20.1 Å². The van der Waals surface area contributed by atoms with Gasteiger partial charge in [0.25, 0.3) is 0 Å². The van der Waals surface area contributed by atoms with E-state index in [9.17, 15) is 9.59 Å². The second kappa shape index (κ2) is 9.30. The van der Waals surface area contributed by atoms with Gasteiger partial charge >= 0.3 is 12.0 Å². The van der Waals surface area contributed by atoms with Gasteiger partial charge in [-0.25, -0.2) is 9.59 Å². The summed E-state index contributed by atoms with van der Waals surface area (Å²) in [7, 11) is 3.10. The van der Waals surface area contributed by atoms with Crippen molar-refractivity contribution < 1.29 is 23.8 Å². The molecule has 2 N–H and O–H groups in total. The molecule has 1 atom stereocenters. The van der Waals surface area contributed by atoms with Gasteiger partial charge in [0.05, 0.1) is 31.9 Å². The van der Waals surface area contributed by atoms with Crippen molar-refractivity contribution in [3.05, 3.63) is 35.0 Å². The van der Waals surface area contributed by atoms with Crippen LogP contribution in [-0.4, -0.2) is 32.3 Å². The van der Waals surface area contributed by atoms with E-state index in [1.165, 1.54) is 0 Å². The molecule has 1 heterocycles. The van der Waals surface area contributed by atoms with Crippen LogP contribution in [0.25, 0.3) is 0 Å². The van der Waals surface area contributed by atoms with Crippen molar-refractivity contribution in [1.29, 1.82) is 0 Å². The Morgan fingerprint density at radius 1 is 1.22 bits per heavy atom. The van der Waals surface area contributed by atoms with Gasteiger partial charge in [-0.15, -0.1) is 0 Å². The number of nitrogens with one attached hydrogen (secondary N) is 2. The van der Waals surface area contributed by atoms with E-state index in [4.69, 9.17) is 14.2 Å². The zero-order valence-corrected chi connectivity index (χ0v) is 16.5. The summed E-state index contributed by atoms with van der Waals surface area (Å²) < 4.78 is 16.2. The number of urea groups is 1. The van der Waals surface area contributed by atoms with Gasteiger partial charge in [0.15, 0.2) is 0 Å². The number of allylic oxidation sites excluding steroid dienone is 1. The minimum atomic E-state index is -0.693. The van der Waals surface area contributed by atoms with Crippen LogP contribution in [0.1, 0.15) is 51.6 Å². The highest BCUT2D eigenvalue weighted by molar-refractivity contribution is 5.95. The molecule has 0 spiro atoms. The molecule has 2 amide bonds. The van der Waals surface area contributed by atoms with Crippen molar-refractivity contribution in [3.8, 4) is 11.5 Å². The first-order valence-corrected chi connectivity index (χ1v) is 9.14. The van der Waals surface area contributed by atoms with Crippen LogP contribution in [0, 0.1) is 0 Å². The van der Waals surface area contributed by atoms with E-state index in [1.807, 2.05) is 0 Å². The van der Waals surface area contributed by atoms with Crippen LogP contribution in [-0.2, 0) is 9.53 Å². The number of benzene rings is 1. The van der Waals surface area contributed by atoms with Crippen molar-refractivity contribution in [2.24, 2.45) is 0 Å². The number of amides is 2. The fraction of sp³-hybridized carbons (Fsp3) is 0.500. The summed E-state index contributed by atoms with van der Waals surface area (Å²) in [5.41, 5.74) is 1.61. The quantitative estimate of drug-likeness (QED) is 0.679. The standard InChI is InChI=1S/C20H28N2O5/c1-6-7-8-15-17(19(23)27-12(2)3)18(22-20(24)21-15)14-11-13(25-4)9-10-16(14)26-5/h9-12,18H,6-8H2,1-5H3,(H2,21,22,24). The molecule has 1 aromatic rings. The predicted octanol–water partition coefficient (Wildman–Crippen LogP) is 3.45. The van der Waals surface area contributed by atoms with Gasteiger partial charge in [0.2, 0.25) is 0 Å². The normalized spacial score (nSPS) is 16.7. The SMILES string of the molecule is CCCCC1=C(C(=O)OC(C)C)C(c2cc(OC)ccc2OC)NC(=O)N1. The molecule has 0 aromatic heterocycles. The lowest BCUT2D eigenvalue weighted by Gasteiger charge is -2.30. The molecule has 0 radical (unpaired) electrons. The van der Waals surface area contributed by atoms with Crippen LogP contribution in [0.15, 0.2) is 29.5 Å². The van der Waals surface area contributed by atoms with Crippen LogP contribution in [0.2, 0.25) is 0 Å². The van der Waals surface area contributed by atoms with E-state index in [2.05, 4.69) is 17.6 Å².